The molecule has 30 heavy (non-hydrogen) atoms. The number of hydrogen-bond donors (Lipinski definition) is 3. The van der Waals surface area contributed by atoms with Gasteiger partial charge in [0.05, 0.1) is 26.2 Å². The maximum atomic E-state index is 10.8. The Morgan fingerprint density at radius 2 is 1.00 bits per heavy atom. The quantitative estimate of drug-likeness (QED) is 0.139. The van der Waals surface area contributed by atoms with Gasteiger partial charge in [-0.2, -0.15) is 0 Å². The lowest BCUT2D eigenvalue weighted by Crippen LogP contribution is -2.50. The van der Waals surface area contributed by atoms with E-state index in [1.165, 1.54) is 12.8 Å². The molecule has 0 rings (SSSR count). The standard InChI is InChI=1S/C23H41NO6/c1-2-3-4-5-6-10-17-24(18-11-7-14-21(25)26,19-12-8-15-22(27)28)20-13-9-16-23(29)30/h5-6H,2-4,7-20H2,1H3,(H2-,25,26,27,28,29,30)/p+1/b6-5-. The second-order valence-corrected chi connectivity index (χ2v) is 8.19. The third kappa shape index (κ3) is 17.0. The summed E-state index contributed by atoms with van der Waals surface area (Å²) in [6, 6.07) is 0. The van der Waals surface area contributed by atoms with Gasteiger partial charge in [-0.05, 0) is 44.9 Å². The Morgan fingerprint density at radius 1 is 0.600 bits per heavy atom. The number of carboxylic acid groups (broad SMARTS) is 3. The summed E-state index contributed by atoms with van der Waals surface area (Å²) in [5.74, 6) is -2.35. The molecule has 0 aromatic carbocycles. The Balaban J connectivity index is 4.97. The van der Waals surface area contributed by atoms with Gasteiger partial charge in [0.15, 0.2) is 0 Å². The SMILES string of the molecule is CCCC/C=C\CC[N+](CCCCC(=O)O)(CCCCC(=O)O)CCCCC(=O)O. The van der Waals surface area contributed by atoms with E-state index in [1.807, 2.05) is 0 Å². The highest BCUT2D eigenvalue weighted by atomic mass is 16.4. The second kappa shape index (κ2) is 17.9. The number of carbonyl (C=O) groups is 3. The second-order valence-electron chi connectivity index (χ2n) is 8.19. The molecule has 3 N–H and O–H groups in total. The van der Waals surface area contributed by atoms with Crippen LogP contribution in [0.15, 0.2) is 12.2 Å². The molecule has 0 aromatic heterocycles. The van der Waals surface area contributed by atoms with Crippen LogP contribution in [0.1, 0.15) is 90.4 Å². The largest absolute Gasteiger partial charge is 0.481 e. The first-order chi connectivity index (χ1) is 14.3. The molecular formula is C23H42NO6+. The van der Waals surface area contributed by atoms with Crippen molar-refractivity contribution in [3.63, 3.8) is 0 Å². The molecular weight excluding hydrogens is 386 g/mol. The first kappa shape index (κ1) is 28.1. The number of rotatable bonds is 21. The highest BCUT2D eigenvalue weighted by Crippen LogP contribution is 2.18. The molecule has 0 radical (unpaired) electrons. The first-order valence-electron chi connectivity index (χ1n) is 11.5. The molecule has 0 spiro atoms. The van der Waals surface area contributed by atoms with E-state index in [-0.39, 0.29) is 19.3 Å². The van der Waals surface area contributed by atoms with Crippen LogP contribution in [-0.4, -0.2) is 63.9 Å². The molecule has 0 heterocycles. The van der Waals surface area contributed by atoms with E-state index in [4.69, 9.17) is 15.3 Å². The number of unbranched alkanes of at least 4 members (excludes halogenated alkanes) is 5. The molecule has 0 atom stereocenters. The van der Waals surface area contributed by atoms with Crippen LogP contribution in [0, 0.1) is 0 Å². The number of allylic oxidation sites excluding steroid dienone is 1. The minimum absolute atomic E-state index is 0.162. The Bertz CT molecular complexity index is 463. The molecule has 0 unspecified atom stereocenters. The molecule has 0 amide bonds. The fraction of sp³-hybridized carbons (Fsp3) is 0.783. The molecule has 0 aliphatic heterocycles. The van der Waals surface area contributed by atoms with Crippen molar-refractivity contribution in [2.45, 2.75) is 90.4 Å². The van der Waals surface area contributed by atoms with Crippen molar-refractivity contribution in [3.8, 4) is 0 Å². The van der Waals surface area contributed by atoms with Gasteiger partial charge in [-0.25, -0.2) is 0 Å². The molecule has 174 valence electrons. The lowest BCUT2D eigenvalue weighted by Gasteiger charge is -2.39. The van der Waals surface area contributed by atoms with E-state index in [2.05, 4.69) is 19.1 Å². The van der Waals surface area contributed by atoms with Crippen molar-refractivity contribution in [2.24, 2.45) is 0 Å². The molecule has 0 bridgehead atoms. The fourth-order valence-corrected chi connectivity index (χ4v) is 3.75. The minimum atomic E-state index is -0.783. The topological polar surface area (TPSA) is 112 Å². The van der Waals surface area contributed by atoms with Crippen LogP contribution in [-0.2, 0) is 14.4 Å². The molecule has 7 nitrogen and oxygen atoms in total. The van der Waals surface area contributed by atoms with Crippen molar-refractivity contribution in [2.75, 3.05) is 26.2 Å². The van der Waals surface area contributed by atoms with Gasteiger partial charge in [-0.1, -0.05) is 31.9 Å². The van der Waals surface area contributed by atoms with Gasteiger partial charge in [0.1, 0.15) is 0 Å². The van der Waals surface area contributed by atoms with Gasteiger partial charge in [0.2, 0.25) is 0 Å². The van der Waals surface area contributed by atoms with Crippen molar-refractivity contribution < 1.29 is 34.2 Å². The molecule has 7 heteroatoms. The first-order valence-corrected chi connectivity index (χ1v) is 11.5. The smallest absolute Gasteiger partial charge is 0.303 e. The van der Waals surface area contributed by atoms with Crippen LogP contribution in [0.5, 0.6) is 0 Å². The Morgan fingerprint density at radius 3 is 1.37 bits per heavy atom. The van der Waals surface area contributed by atoms with Crippen molar-refractivity contribution in [3.05, 3.63) is 12.2 Å². The Hall–Kier alpha value is -1.89. The minimum Gasteiger partial charge on any atom is -0.481 e. The van der Waals surface area contributed by atoms with Gasteiger partial charge in [-0.15, -0.1) is 0 Å². The Labute approximate surface area is 181 Å². The zero-order valence-electron chi connectivity index (χ0n) is 18.7. The van der Waals surface area contributed by atoms with Crippen LogP contribution >= 0.6 is 0 Å². The molecule has 0 fully saturated rings. The van der Waals surface area contributed by atoms with Gasteiger partial charge >= 0.3 is 17.9 Å². The summed E-state index contributed by atoms with van der Waals surface area (Å²) in [5, 5.41) is 26.7. The van der Waals surface area contributed by atoms with Gasteiger partial charge < -0.3 is 19.8 Å². The van der Waals surface area contributed by atoms with Crippen LogP contribution in [0.2, 0.25) is 0 Å². The third-order valence-electron chi connectivity index (χ3n) is 5.48. The van der Waals surface area contributed by atoms with Crippen molar-refractivity contribution in [1.29, 1.82) is 0 Å². The van der Waals surface area contributed by atoms with Gasteiger partial charge in [-0.3, -0.25) is 14.4 Å². The zero-order chi connectivity index (χ0) is 22.7. The normalized spacial score (nSPS) is 11.8. The summed E-state index contributed by atoms with van der Waals surface area (Å²) >= 11 is 0. The highest BCUT2D eigenvalue weighted by Gasteiger charge is 2.26. The fourth-order valence-electron chi connectivity index (χ4n) is 3.75. The van der Waals surface area contributed by atoms with Crippen molar-refractivity contribution >= 4 is 17.9 Å². The summed E-state index contributed by atoms with van der Waals surface area (Å²) in [7, 11) is 0. The van der Waals surface area contributed by atoms with Crippen LogP contribution < -0.4 is 0 Å². The summed E-state index contributed by atoms with van der Waals surface area (Å²) in [5.41, 5.74) is 0. The Kier molecular flexibility index (Phi) is 16.8. The predicted octanol–water partition coefficient (Wildman–Crippen LogP) is 4.70. The van der Waals surface area contributed by atoms with Crippen molar-refractivity contribution in [1.82, 2.24) is 0 Å². The number of nitrogens with zero attached hydrogens (tertiary/aromatic N) is 1. The summed E-state index contributed by atoms with van der Waals surface area (Å²) in [6.45, 7) is 5.67. The van der Waals surface area contributed by atoms with Crippen LogP contribution in [0.3, 0.4) is 0 Å². The number of carboxylic acids is 3. The van der Waals surface area contributed by atoms with E-state index >= 15 is 0 Å². The monoisotopic (exact) mass is 428 g/mol. The maximum Gasteiger partial charge on any atom is 0.303 e. The van der Waals surface area contributed by atoms with Gasteiger partial charge in [0, 0.05) is 25.7 Å². The predicted molar refractivity (Wildman–Crippen MR) is 117 cm³/mol. The number of quaternary nitrogens is 1. The molecule has 0 aliphatic carbocycles. The lowest BCUT2D eigenvalue weighted by molar-refractivity contribution is -0.928. The maximum absolute atomic E-state index is 10.8. The number of hydrogen-bond acceptors (Lipinski definition) is 3. The van der Waals surface area contributed by atoms with E-state index in [9.17, 15) is 14.4 Å². The molecule has 0 saturated carbocycles. The van der Waals surface area contributed by atoms with E-state index in [1.54, 1.807) is 0 Å². The highest BCUT2D eigenvalue weighted by molar-refractivity contribution is 5.67. The zero-order valence-corrected chi connectivity index (χ0v) is 18.7. The lowest BCUT2D eigenvalue weighted by atomic mass is 10.1. The average Bonchev–Trinajstić information content (AvgIpc) is 2.68. The van der Waals surface area contributed by atoms with Gasteiger partial charge in [0.25, 0.3) is 0 Å². The average molecular weight is 429 g/mol. The third-order valence-corrected chi connectivity index (χ3v) is 5.48. The van der Waals surface area contributed by atoms with E-state index in [0.29, 0.717) is 19.3 Å². The summed E-state index contributed by atoms with van der Waals surface area (Å²) in [6.07, 6.45) is 13.6. The molecule has 0 aliphatic rings. The van der Waals surface area contributed by atoms with Crippen LogP contribution in [0.4, 0.5) is 0 Å². The molecule has 0 aromatic rings. The van der Waals surface area contributed by atoms with E-state index < -0.39 is 17.9 Å². The van der Waals surface area contributed by atoms with Crippen LogP contribution in [0.25, 0.3) is 0 Å². The number of aliphatic carboxylic acids is 3. The summed E-state index contributed by atoms with van der Waals surface area (Å²) < 4.78 is 0.816. The summed E-state index contributed by atoms with van der Waals surface area (Å²) in [4.78, 5) is 32.5. The van der Waals surface area contributed by atoms with E-state index in [0.717, 1.165) is 62.8 Å². The molecule has 0 saturated heterocycles.